The maximum atomic E-state index is 13.1. The molecule has 0 saturated carbocycles. The summed E-state index contributed by atoms with van der Waals surface area (Å²) in [5, 5.41) is 4.52. The van der Waals surface area contributed by atoms with Crippen LogP contribution in [0.15, 0.2) is 27.8 Å². The van der Waals surface area contributed by atoms with Crippen LogP contribution in [0.4, 0.5) is 18.9 Å². The van der Waals surface area contributed by atoms with Crippen LogP contribution in [0.25, 0.3) is 0 Å². The van der Waals surface area contributed by atoms with Crippen LogP contribution in [-0.2, 0) is 16.6 Å². The van der Waals surface area contributed by atoms with E-state index in [4.69, 9.17) is 0 Å². The van der Waals surface area contributed by atoms with Gasteiger partial charge in [0.15, 0.2) is 17.5 Å². The van der Waals surface area contributed by atoms with E-state index in [1.54, 1.807) is 12.4 Å². The minimum absolute atomic E-state index is 0.00195. The van der Waals surface area contributed by atoms with E-state index in [-0.39, 0.29) is 9.90 Å². The molecule has 0 aliphatic rings. The summed E-state index contributed by atoms with van der Waals surface area (Å²) < 4.78 is 65.1. The summed E-state index contributed by atoms with van der Waals surface area (Å²) in [4.78, 5) is 0. The fourth-order valence-electron chi connectivity index (χ4n) is 1.61. The van der Waals surface area contributed by atoms with Gasteiger partial charge >= 0.3 is 0 Å². The molecule has 1 heterocycles. The maximum Gasteiger partial charge on any atom is 0.271 e. The van der Waals surface area contributed by atoms with Crippen molar-refractivity contribution in [2.45, 2.75) is 10.8 Å². The average molecular weight is 336 g/mol. The molecule has 2 N–H and O–H groups in total. The first-order chi connectivity index (χ1) is 9.83. The topological polar surface area (TPSA) is 58.2 Å². The molecule has 114 valence electrons. The number of halogens is 3. The van der Waals surface area contributed by atoms with Crippen molar-refractivity contribution >= 4 is 27.0 Å². The molecule has 4 nitrogen and oxygen atoms in total. The van der Waals surface area contributed by atoms with Crippen LogP contribution in [0.2, 0.25) is 0 Å². The van der Waals surface area contributed by atoms with E-state index in [1.165, 1.54) is 6.07 Å². The van der Waals surface area contributed by atoms with Crippen LogP contribution >= 0.6 is 11.3 Å². The number of hydrogen-bond donors (Lipinski definition) is 2. The van der Waals surface area contributed by atoms with Gasteiger partial charge in [0.1, 0.15) is 4.21 Å². The Labute approximate surface area is 123 Å². The van der Waals surface area contributed by atoms with Gasteiger partial charge in [-0.15, -0.1) is 11.3 Å². The van der Waals surface area contributed by atoms with Gasteiger partial charge in [-0.25, -0.2) is 21.6 Å². The molecule has 0 amide bonds. The number of sulfonamides is 1. The number of rotatable bonds is 5. The molecule has 1 aromatic carbocycles. The van der Waals surface area contributed by atoms with Crippen LogP contribution in [0.3, 0.4) is 0 Å². The van der Waals surface area contributed by atoms with Crippen LogP contribution in [0, 0.1) is 17.5 Å². The molecule has 0 bridgehead atoms. The first kappa shape index (κ1) is 15.8. The summed E-state index contributed by atoms with van der Waals surface area (Å²) in [5.74, 6) is -4.57. The Morgan fingerprint density at radius 3 is 2.33 bits per heavy atom. The second-order valence-electron chi connectivity index (χ2n) is 4.16. The van der Waals surface area contributed by atoms with E-state index in [2.05, 4.69) is 5.32 Å². The molecule has 9 heteroatoms. The normalized spacial score (nSPS) is 11.6. The van der Waals surface area contributed by atoms with E-state index in [0.29, 0.717) is 18.7 Å². The Balaban J connectivity index is 2.28. The summed E-state index contributed by atoms with van der Waals surface area (Å²) >= 11 is 0.975. The van der Waals surface area contributed by atoms with Gasteiger partial charge in [0, 0.05) is 18.7 Å². The fraction of sp³-hybridized carbons (Fsp3) is 0.167. The first-order valence-electron chi connectivity index (χ1n) is 5.73. The lowest BCUT2D eigenvalue weighted by Crippen LogP contribution is -2.12. The van der Waals surface area contributed by atoms with Gasteiger partial charge in [0.25, 0.3) is 10.0 Å². The molecule has 0 spiro atoms. The molecule has 21 heavy (non-hydrogen) atoms. The summed E-state index contributed by atoms with van der Waals surface area (Å²) in [7, 11) is -2.26. The zero-order valence-electron chi connectivity index (χ0n) is 10.8. The van der Waals surface area contributed by atoms with Crippen molar-refractivity contribution in [3.8, 4) is 0 Å². The predicted octanol–water partition coefficient (Wildman–Crippen LogP) is 2.69. The van der Waals surface area contributed by atoms with Gasteiger partial charge in [0.2, 0.25) is 0 Å². The van der Waals surface area contributed by atoms with Gasteiger partial charge in [-0.05, 0) is 24.1 Å². The molecule has 2 aromatic rings. The summed E-state index contributed by atoms with van der Waals surface area (Å²) in [6.45, 7) is 0.492. The van der Waals surface area contributed by atoms with Crippen molar-refractivity contribution in [2.75, 3.05) is 11.8 Å². The minimum Gasteiger partial charge on any atom is -0.316 e. The predicted molar refractivity (Wildman–Crippen MR) is 74.2 cm³/mol. The Bertz CT molecular complexity index is 737. The maximum absolute atomic E-state index is 13.1. The molecule has 0 atom stereocenters. The third-order valence-corrected chi connectivity index (χ3v) is 5.38. The Morgan fingerprint density at radius 2 is 1.76 bits per heavy atom. The number of nitrogens with one attached hydrogen (secondary N) is 2. The van der Waals surface area contributed by atoms with Crippen LogP contribution in [0.5, 0.6) is 0 Å². The first-order valence-corrected chi connectivity index (χ1v) is 8.09. The highest BCUT2D eigenvalue weighted by Gasteiger charge is 2.19. The standard InChI is InChI=1S/C12H11F3N2O2S2/c1-16-5-7-2-11(20-6-7)21(18,19)17-8-3-9(13)12(15)10(14)4-8/h2-4,6,16-17H,5H2,1H3. The number of hydrogen-bond acceptors (Lipinski definition) is 4. The highest BCUT2D eigenvalue weighted by atomic mass is 32.2. The number of benzene rings is 1. The van der Waals surface area contributed by atoms with E-state index >= 15 is 0 Å². The third kappa shape index (κ3) is 3.55. The Hall–Kier alpha value is -1.58. The average Bonchev–Trinajstić information content (AvgIpc) is 2.85. The quantitative estimate of drug-likeness (QED) is 0.826. The van der Waals surface area contributed by atoms with Crippen LogP contribution < -0.4 is 10.0 Å². The Kier molecular flexibility index (Phi) is 4.55. The smallest absolute Gasteiger partial charge is 0.271 e. The zero-order valence-corrected chi connectivity index (χ0v) is 12.4. The van der Waals surface area contributed by atoms with E-state index in [0.717, 1.165) is 16.9 Å². The van der Waals surface area contributed by atoms with Crippen LogP contribution in [0.1, 0.15) is 5.56 Å². The van der Waals surface area contributed by atoms with Crippen LogP contribution in [-0.4, -0.2) is 15.5 Å². The van der Waals surface area contributed by atoms with Gasteiger partial charge in [-0.2, -0.15) is 0 Å². The molecule has 0 unspecified atom stereocenters. The van der Waals surface area contributed by atoms with E-state index in [1.807, 2.05) is 4.72 Å². The van der Waals surface area contributed by atoms with Crippen molar-refractivity contribution in [1.29, 1.82) is 0 Å². The molecule has 0 aliphatic carbocycles. The van der Waals surface area contributed by atoms with Crippen molar-refractivity contribution in [1.82, 2.24) is 5.32 Å². The molecular formula is C12H11F3N2O2S2. The lowest BCUT2D eigenvalue weighted by Gasteiger charge is -2.07. The minimum atomic E-state index is -3.97. The second-order valence-corrected chi connectivity index (χ2v) is 6.98. The molecule has 0 saturated heterocycles. The van der Waals surface area contributed by atoms with E-state index < -0.39 is 27.5 Å². The summed E-state index contributed by atoms with van der Waals surface area (Å²) in [6, 6.07) is 2.61. The molecule has 0 fully saturated rings. The fourth-order valence-corrected chi connectivity index (χ4v) is 3.86. The summed E-state index contributed by atoms with van der Waals surface area (Å²) in [5.41, 5.74) is 0.384. The van der Waals surface area contributed by atoms with Crippen molar-refractivity contribution in [3.63, 3.8) is 0 Å². The molecule has 1 aromatic heterocycles. The third-order valence-electron chi connectivity index (χ3n) is 2.51. The van der Waals surface area contributed by atoms with Gasteiger partial charge in [0.05, 0.1) is 5.69 Å². The monoisotopic (exact) mass is 336 g/mol. The molecular weight excluding hydrogens is 325 g/mol. The summed E-state index contributed by atoms with van der Waals surface area (Å²) in [6.07, 6.45) is 0. The molecule has 2 rings (SSSR count). The molecule has 0 aliphatic heterocycles. The number of anilines is 1. The van der Waals surface area contributed by atoms with Crippen molar-refractivity contribution in [3.05, 3.63) is 46.6 Å². The van der Waals surface area contributed by atoms with E-state index in [9.17, 15) is 21.6 Å². The largest absolute Gasteiger partial charge is 0.316 e. The highest BCUT2D eigenvalue weighted by molar-refractivity contribution is 7.94. The highest BCUT2D eigenvalue weighted by Crippen LogP contribution is 2.24. The Morgan fingerprint density at radius 1 is 1.14 bits per heavy atom. The van der Waals surface area contributed by atoms with Gasteiger partial charge in [-0.1, -0.05) is 0 Å². The lowest BCUT2D eigenvalue weighted by molar-refractivity contribution is 0.448. The van der Waals surface area contributed by atoms with Gasteiger partial charge in [-0.3, -0.25) is 4.72 Å². The lowest BCUT2D eigenvalue weighted by atomic mass is 10.3. The zero-order chi connectivity index (χ0) is 15.6. The van der Waals surface area contributed by atoms with Crippen molar-refractivity contribution in [2.24, 2.45) is 0 Å². The van der Waals surface area contributed by atoms with Gasteiger partial charge < -0.3 is 5.32 Å². The van der Waals surface area contributed by atoms with Crippen molar-refractivity contribution < 1.29 is 21.6 Å². The SMILES string of the molecule is CNCc1csc(S(=O)(=O)Nc2cc(F)c(F)c(F)c2)c1. The molecule has 0 radical (unpaired) electrons. The second kappa shape index (κ2) is 6.04. The number of thiophene rings is 1.